The fourth-order valence-electron chi connectivity index (χ4n) is 1.12. The average molecular weight is 225 g/mol. The first kappa shape index (κ1) is 12.3. The van der Waals surface area contributed by atoms with Gasteiger partial charge in [0.05, 0.1) is 18.4 Å². The molecule has 0 aliphatic heterocycles. The Hall–Kier alpha value is -1.75. The molecule has 0 saturated heterocycles. The fraction of sp³-hybridized carbons (Fsp3) is 0.364. The number of carbonyl (C=O) groups is 1. The normalized spacial score (nSPS) is 9.88. The smallest absolute Gasteiger partial charge is 0.340 e. The van der Waals surface area contributed by atoms with Crippen LogP contribution in [-0.4, -0.2) is 26.5 Å². The van der Waals surface area contributed by atoms with E-state index in [-0.39, 0.29) is 6.79 Å². The van der Waals surface area contributed by atoms with Crippen molar-refractivity contribution in [1.29, 1.82) is 0 Å². The molecule has 88 valence electrons. The number of ether oxygens (including phenoxy) is 3. The van der Waals surface area contributed by atoms with Gasteiger partial charge < -0.3 is 19.9 Å². The number of hydrogen-bond acceptors (Lipinski definition) is 5. The van der Waals surface area contributed by atoms with Gasteiger partial charge in [0.1, 0.15) is 5.75 Å². The van der Waals surface area contributed by atoms with Crippen LogP contribution in [0.4, 0.5) is 5.69 Å². The Labute approximate surface area is 94.1 Å². The van der Waals surface area contributed by atoms with Crippen LogP contribution >= 0.6 is 0 Å². The average Bonchev–Trinajstić information content (AvgIpc) is 2.29. The van der Waals surface area contributed by atoms with Crippen molar-refractivity contribution < 1.29 is 19.0 Å². The van der Waals surface area contributed by atoms with Crippen molar-refractivity contribution in [3.8, 4) is 5.75 Å². The second kappa shape index (κ2) is 5.97. The van der Waals surface area contributed by atoms with Crippen LogP contribution in [0.5, 0.6) is 5.75 Å². The van der Waals surface area contributed by atoms with Gasteiger partial charge in [-0.3, -0.25) is 0 Å². The predicted octanol–water partition coefficient (Wildman–Crippen LogP) is 1.43. The van der Waals surface area contributed by atoms with E-state index >= 15 is 0 Å². The zero-order chi connectivity index (χ0) is 12.0. The summed E-state index contributed by atoms with van der Waals surface area (Å²) in [6, 6.07) is 4.71. The van der Waals surface area contributed by atoms with Crippen molar-refractivity contribution in [2.75, 3.05) is 26.2 Å². The number of carbonyl (C=O) groups excluding carboxylic acids is 1. The molecular formula is C11H15NO4. The highest BCUT2D eigenvalue weighted by atomic mass is 16.7. The molecule has 5 heteroatoms. The molecule has 0 aromatic heterocycles. The molecule has 0 aliphatic carbocycles. The topological polar surface area (TPSA) is 70.8 Å². The van der Waals surface area contributed by atoms with Gasteiger partial charge in [-0.1, -0.05) is 0 Å². The van der Waals surface area contributed by atoms with E-state index in [9.17, 15) is 4.79 Å². The Morgan fingerprint density at radius 3 is 2.75 bits per heavy atom. The molecule has 0 amide bonds. The summed E-state index contributed by atoms with van der Waals surface area (Å²) in [6.07, 6.45) is 0. The van der Waals surface area contributed by atoms with E-state index < -0.39 is 5.97 Å². The van der Waals surface area contributed by atoms with Gasteiger partial charge in [-0.05, 0) is 25.1 Å². The fourth-order valence-corrected chi connectivity index (χ4v) is 1.12. The van der Waals surface area contributed by atoms with Crippen LogP contribution in [0.2, 0.25) is 0 Å². The van der Waals surface area contributed by atoms with Crippen LogP contribution < -0.4 is 10.5 Å². The monoisotopic (exact) mass is 225 g/mol. The first-order chi connectivity index (χ1) is 7.69. The van der Waals surface area contributed by atoms with Crippen LogP contribution in [0.3, 0.4) is 0 Å². The molecular weight excluding hydrogens is 210 g/mol. The van der Waals surface area contributed by atoms with Gasteiger partial charge >= 0.3 is 5.97 Å². The Balaban J connectivity index is 2.66. The zero-order valence-corrected chi connectivity index (χ0v) is 9.36. The molecule has 0 unspecified atom stereocenters. The summed E-state index contributed by atoms with van der Waals surface area (Å²) in [5, 5.41) is 0. The van der Waals surface area contributed by atoms with Crippen LogP contribution in [0.15, 0.2) is 18.2 Å². The van der Waals surface area contributed by atoms with Crippen LogP contribution in [0.1, 0.15) is 17.3 Å². The summed E-state index contributed by atoms with van der Waals surface area (Å²) in [4.78, 5) is 11.5. The van der Waals surface area contributed by atoms with Gasteiger partial charge in [0.2, 0.25) is 0 Å². The van der Waals surface area contributed by atoms with Gasteiger partial charge in [-0.25, -0.2) is 4.79 Å². The second-order valence-corrected chi connectivity index (χ2v) is 3.00. The molecule has 0 aliphatic rings. The van der Waals surface area contributed by atoms with E-state index in [2.05, 4.69) is 0 Å². The van der Waals surface area contributed by atoms with Gasteiger partial charge in [-0.15, -0.1) is 0 Å². The number of hydrogen-bond donors (Lipinski definition) is 1. The molecule has 0 heterocycles. The summed E-state index contributed by atoms with van der Waals surface area (Å²) < 4.78 is 14.7. The van der Waals surface area contributed by atoms with Gasteiger partial charge in [0.15, 0.2) is 6.79 Å². The minimum absolute atomic E-state index is 0.0543. The van der Waals surface area contributed by atoms with E-state index in [1.165, 1.54) is 13.2 Å². The maximum Gasteiger partial charge on any atom is 0.340 e. The third-order valence-electron chi connectivity index (χ3n) is 1.94. The number of anilines is 1. The van der Waals surface area contributed by atoms with E-state index in [0.29, 0.717) is 23.6 Å². The number of nitrogen functional groups attached to an aromatic ring is 1. The second-order valence-electron chi connectivity index (χ2n) is 3.00. The SMILES string of the molecule is CCOCOC(=O)c1ccc(OC)c(N)c1. The third-order valence-corrected chi connectivity index (χ3v) is 1.94. The van der Waals surface area contributed by atoms with Crippen molar-refractivity contribution in [3.63, 3.8) is 0 Å². The molecule has 16 heavy (non-hydrogen) atoms. The summed E-state index contributed by atoms with van der Waals surface area (Å²) in [5.74, 6) is 0.0594. The highest BCUT2D eigenvalue weighted by molar-refractivity contribution is 5.90. The molecule has 0 saturated carbocycles. The van der Waals surface area contributed by atoms with Crippen LogP contribution in [0, 0.1) is 0 Å². The van der Waals surface area contributed by atoms with E-state index in [1.807, 2.05) is 6.92 Å². The highest BCUT2D eigenvalue weighted by Gasteiger charge is 2.09. The molecule has 0 atom stereocenters. The molecule has 5 nitrogen and oxygen atoms in total. The predicted molar refractivity (Wildman–Crippen MR) is 59.3 cm³/mol. The third kappa shape index (κ3) is 3.13. The summed E-state index contributed by atoms with van der Waals surface area (Å²) >= 11 is 0. The molecule has 0 radical (unpaired) electrons. The molecule has 0 spiro atoms. The van der Waals surface area contributed by atoms with Crippen molar-refractivity contribution >= 4 is 11.7 Å². The lowest BCUT2D eigenvalue weighted by molar-refractivity contribution is -0.0274. The standard InChI is InChI=1S/C11H15NO4/c1-3-15-7-16-11(13)8-4-5-10(14-2)9(12)6-8/h4-6H,3,7,12H2,1-2H3. The summed E-state index contributed by atoms with van der Waals surface area (Å²) in [6.45, 7) is 2.26. The number of rotatable bonds is 5. The van der Waals surface area contributed by atoms with E-state index in [0.717, 1.165) is 0 Å². The van der Waals surface area contributed by atoms with Gasteiger partial charge in [0, 0.05) is 6.61 Å². The van der Waals surface area contributed by atoms with Crippen molar-refractivity contribution in [3.05, 3.63) is 23.8 Å². The zero-order valence-electron chi connectivity index (χ0n) is 9.36. The van der Waals surface area contributed by atoms with Crippen LogP contribution in [0.25, 0.3) is 0 Å². The largest absolute Gasteiger partial charge is 0.495 e. The van der Waals surface area contributed by atoms with Crippen molar-refractivity contribution in [2.24, 2.45) is 0 Å². The molecule has 0 fully saturated rings. The first-order valence-electron chi connectivity index (χ1n) is 4.87. The van der Waals surface area contributed by atoms with Gasteiger partial charge in [-0.2, -0.15) is 0 Å². The number of methoxy groups -OCH3 is 1. The maximum absolute atomic E-state index is 11.5. The van der Waals surface area contributed by atoms with E-state index in [1.54, 1.807) is 12.1 Å². The molecule has 0 bridgehead atoms. The lowest BCUT2D eigenvalue weighted by atomic mass is 10.2. The van der Waals surface area contributed by atoms with Crippen LogP contribution in [-0.2, 0) is 9.47 Å². The lowest BCUT2D eigenvalue weighted by Gasteiger charge is -2.07. The maximum atomic E-state index is 11.5. The molecule has 1 aromatic carbocycles. The van der Waals surface area contributed by atoms with Crippen molar-refractivity contribution in [2.45, 2.75) is 6.92 Å². The Kier molecular flexibility index (Phi) is 4.60. The summed E-state index contributed by atoms with van der Waals surface area (Å²) in [7, 11) is 1.51. The highest BCUT2D eigenvalue weighted by Crippen LogP contribution is 2.22. The minimum Gasteiger partial charge on any atom is -0.495 e. The van der Waals surface area contributed by atoms with Gasteiger partial charge in [0.25, 0.3) is 0 Å². The van der Waals surface area contributed by atoms with E-state index in [4.69, 9.17) is 19.9 Å². The number of esters is 1. The molecule has 1 aromatic rings. The minimum atomic E-state index is -0.470. The Bertz CT molecular complexity index is 365. The molecule has 2 N–H and O–H groups in total. The first-order valence-corrected chi connectivity index (χ1v) is 4.87. The summed E-state index contributed by atoms with van der Waals surface area (Å²) in [5.41, 5.74) is 6.43. The Morgan fingerprint density at radius 1 is 1.44 bits per heavy atom. The molecule has 1 rings (SSSR count). The number of benzene rings is 1. The Morgan fingerprint density at radius 2 is 2.19 bits per heavy atom. The van der Waals surface area contributed by atoms with Crippen molar-refractivity contribution in [1.82, 2.24) is 0 Å². The quantitative estimate of drug-likeness (QED) is 0.355. The number of nitrogens with two attached hydrogens (primary N) is 1. The lowest BCUT2D eigenvalue weighted by Crippen LogP contribution is -2.09.